The minimum atomic E-state index is 0.642. The third-order valence-corrected chi connectivity index (χ3v) is 36.8. The molecule has 0 saturated carbocycles. The molecular formula is C62H104O4S16. The second kappa shape index (κ2) is 53.3. The lowest BCUT2D eigenvalue weighted by Gasteiger charge is -2.09. The average Bonchev–Trinajstić information content (AvgIpc) is 4.32. The van der Waals surface area contributed by atoms with Crippen molar-refractivity contribution in [2.75, 3.05) is 98.9 Å². The van der Waals surface area contributed by atoms with Crippen molar-refractivity contribution in [3.8, 4) is 0 Å². The molecule has 0 amide bonds. The van der Waals surface area contributed by atoms with Crippen LogP contribution in [-0.2, 0) is 18.9 Å². The highest BCUT2D eigenvalue weighted by Crippen LogP contribution is 2.68. The highest BCUT2D eigenvalue weighted by Gasteiger charge is 2.33. The van der Waals surface area contributed by atoms with Crippen molar-refractivity contribution >= 4 is 188 Å². The van der Waals surface area contributed by atoms with E-state index in [1.165, 1.54) is 250 Å². The number of thioether (sulfide) groups is 16. The largest absolute Gasteiger partial charge is 0.378 e. The first-order valence-electron chi connectivity index (χ1n) is 31.8. The zero-order valence-corrected chi connectivity index (χ0v) is 63.8. The van der Waals surface area contributed by atoms with Gasteiger partial charge in [-0.3, -0.25) is 0 Å². The lowest BCUT2D eigenvalue weighted by Crippen LogP contribution is -2.08. The molecule has 0 atom stereocenters. The summed E-state index contributed by atoms with van der Waals surface area (Å²) in [5.41, 5.74) is 0. The fraction of sp³-hybridized carbons (Fsp3) is 0.806. The van der Waals surface area contributed by atoms with Crippen molar-refractivity contribution in [1.82, 2.24) is 0 Å². The van der Waals surface area contributed by atoms with Crippen molar-refractivity contribution in [2.45, 2.75) is 220 Å². The van der Waals surface area contributed by atoms with E-state index in [1.54, 1.807) is 16.9 Å². The molecule has 0 N–H and O–H groups in total. The summed E-state index contributed by atoms with van der Waals surface area (Å²) in [5.74, 6) is 8.75. The van der Waals surface area contributed by atoms with Crippen LogP contribution in [0, 0.1) is 0 Å². The van der Waals surface area contributed by atoms with Crippen molar-refractivity contribution in [3.63, 3.8) is 0 Å². The lowest BCUT2D eigenvalue weighted by atomic mass is 10.1. The van der Waals surface area contributed by atoms with Gasteiger partial charge in [0.2, 0.25) is 0 Å². The van der Waals surface area contributed by atoms with Crippen LogP contribution < -0.4 is 0 Å². The Morgan fingerprint density at radius 2 is 0.427 bits per heavy atom. The number of rotatable bonds is 38. The SMILES string of the molecule is CCCCCCCCCCSC1=C(SCCCCCCCCCC)SC(=C2SC3=C(SCCOCCOCCSC4=C(SCCOCCOCCS3)SC(=C3SC(SCCCCCCCCC)=C(SCCCCCCCCC)S3)S4)S2)S1. The quantitative estimate of drug-likeness (QED) is 0.0550. The first-order chi connectivity index (χ1) is 40.6. The van der Waals surface area contributed by atoms with Gasteiger partial charge in [-0.05, 0) is 48.7 Å². The monoisotopic (exact) mass is 1420 g/mol. The maximum absolute atomic E-state index is 6.21. The van der Waals surface area contributed by atoms with Gasteiger partial charge in [0, 0.05) is 23.0 Å². The Balaban J connectivity index is 1.09. The van der Waals surface area contributed by atoms with E-state index < -0.39 is 0 Å². The molecule has 4 nitrogen and oxygen atoms in total. The number of hydrogen-bond donors (Lipinski definition) is 0. The van der Waals surface area contributed by atoms with Gasteiger partial charge >= 0.3 is 0 Å². The van der Waals surface area contributed by atoms with Crippen LogP contribution in [0.4, 0.5) is 0 Å². The second-order valence-electron chi connectivity index (χ2n) is 20.7. The van der Waals surface area contributed by atoms with Crippen LogP contribution in [0.2, 0.25) is 0 Å². The van der Waals surface area contributed by atoms with E-state index in [1.807, 2.05) is 94.1 Å². The van der Waals surface area contributed by atoms with E-state index in [0.717, 1.165) is 49.4 Å². The molecule has 0 aromatic rings. The Labute approximate surface area is 570 Å². The Bertz CT molecular complexity index is 1770. The van der Waals surface area contributed by atoms with Gasteiger partial charge in [0.15, 0.2) is 0 Å². The molecule has 0 unspecified atom stereocenters. The molecule has 0 aliphatic carbocycles. The van der Waals surface area contributed by atoms with E-state index in [4.69, 9.17) is 18.9 Å². The standard InChI is InChI=1S/C62H104O4S16/c1-5-9-13-17-21-25-29-33-45-69-53-54(70-46-34-30-26-22-18-14-10-6-2)78-60(77-53)62-81-57-58(82-62)74-50-42-66-38-36-64-40-48-72-56-55(71-47-39-63-35-37-65-41-49-73-57)79-61(80-56)59-75-51(67-43-31-27-23-19-15-11-7-3)52(76-59)68-44-32-28-24-20-16-12-8-4/h5-50H2,1-4H3. The molecule has 5 aliphatic heterocycles. The van der Waals surface area contributed by atoms with Gasteiger partial charge in [-0.15, -0.1) is 94.1 Å². The van der Waals surface area contributed by atoms with Crippen molar-refractivity contribution in [1.29, 1.82) is 0 Å². The Morgan fingerprint density at radius 3 is 0.646 bits per heavy atom. The topological polar surface area (TPSA) is 36.9 Å². The van der Waals surface area contributed by atoms with Crippen LogP contribution in [0.1, 0.15) is 220 Å². The van der Waals surface area contributed by atoms with Crippen molar-refractivity contribution in [3.05, 3.63) is 50.8 Å². The minimum Gasteiger partial charge on any atom is -0.378 e. The van der Waals surface area contributed by atoms with Gasteiger partial charge in [0.25, 0.3) is 0 Å². The van der Waals surface area contributed by atoms with Crippen LogP contribution in [-0.4, -0.2) is 98.9 Å². The van der Waals surface area contributed by atoms with E-state index >= 15 is 0 Å². The molecule has 20 heteroatoms. The molecule has 472 valence electrons. The molecule has 82 heavy (non-hydrogen) atoms. The maximum atomic E-state index is 6.21. The molecule has 0 spiro atoms. The zero-order valence-electron chi connectivity index (χ0n) is 50.7. The van der Waals surface area contributed by atoms with Crippen LogP contribution in [0.3, 0.4) is 0 Å². The van der Waals surface area contributed by atoms with Crippen molar-refractivity contribution < 1.29 is 18.9 Å². The molecule has 0 fully saturated rings. The Morgan fingerprint density at radius 1 is 0.232 bits per heavy atom. The van der Waals surface area contributed by atoms with E-state index in [0.29, 0.717) is 26.4 Å². The predicted octanol–water partition coefficient (Wildman–Crippen LogP) is 26.4. The minimum absolute atomic E-state index is 0.642. The Kier molecular flexibility index (Phi) is 49.8. The van der Waals surface area contributed by atoms with Gasteiger partial charge in [0.05, 0.1) is 104 Å². The van der Waals surface area contributed by atoms with Gasteiger partial charge in [-0.2, -0.15) is 0 Å². The van der Waals surface area contributed by atoms with Crippen molar-refractivity contribution in [2.24, 2.45) is 0 Å². The molecule has 0 bridgehead atoms. The lowest BCUT2D eigenvalue weighted by molar-refractivity contribution is 0.0605. The van der Waals surface area contributed by atoms with Gasteiger partial charge < -0.3 is 18.9 Å². The average molecular weight is 1430 g/mol. The maximum Gasteiger partial charge on any atom is 0.0717 e. The molecule has 0 saturated heterocycles. The van der Waals surface area contributed by atoms with Gasteiger partial charge in [-0.25, -0.2) is 0 Å². The van der Waals surface area contributed by atoms with Gasteiger partial charge in [-0.1, -0.05) is 289 Å². The Hall–Kier alpha value is 3.88. The first-order valence-corrected chi connectivity index (χ1v) is 46.3. The van der Waals surface area contributed by atoms with Crippen LogP contribution >= 0.6 is 188 Å². The summed E-state index contributed by atoms with van der Waals surface area (Å²) in [5, 5.41) is 0. The van der Waals surface area contributed by atoms with Crippen LogP contribution in [0.25, 0.3) is 0 Å². The normalized spacial score (nSPS) is 19.2. The molecule has 5 heterocycles. The number of ether oxygens (including phenoxy) is 4. The summed E-state index contributed by atoms with van der Waals surface area (Å²) in [6, 6.07) is 0. The summed E-state index contributed by atoms with van der Waals surface area (Å²) < 4.78 is 42.8. The summed E-state index contributed by atoms with van der Waals surface area (Å²) in [6.45, 7) is 14.8. The second-order valence-corrected chi connectivity index (χ2v) is 40.8. The summed E-state index contributed by atoms with van der Waals surface area (Å²) in [4.78, 5) is 0. The van der Waals surface area contributed by atoms with Crippen LogP contribution in [0.5, 0.6) is 0 Å². The zero-order chi connectivity index (χ0) is 57.6. The summed E-state index contributed by atoms with van der Waals surface area (Å²) >= 11 is 32.8. The fourth-order valence-corrected chi connectivity index (χ4v) is 32.7. The highest BCUT2D eigenvalue weighted by molar-refractivity contribution is 8.46. The molecule has 0 radical (unpaired) electrons. The molecular weight excluding hydrogens is 1320 g/mol. The summed E-state index contributed by atoms with van der Waals surface area (Å²) in [7, 11) is 0. The third kappa shape index (κ3) is 35.2. The van der Waals surface area contributed by atoms with Gasteiger partial charge in [0.1, 0.15) is 0 Å². The summed E-state index contributed by atoms with van der Waals surface area (Å²) in [6.07, 6.45) is 41.3. The highest BCUT2D eigenvalue weighted by atomic mass is 32.3. The van der Waals surface area contributed by atoms with E-state index in [2.05, 4.69) is 122 Å². The number of unbranched alkanes of at least 4 members (excludes halogenated alkanes) is 26. The van der Waals surface area contributed by atoms with Crippen LogP contribution in [0.15, 0.2) is 50.8 Å². The van der Waals surface area contributed by atoms with E-state index in [-0.39, 0.29) is 0 Å². The first kappa shape index (κ1) is 76.6. The molecule has 0 aromatic heterocycles. The predicted molar refractivity (Wildman–Crippen MR) is 407 cm³/mol. The molecule has 0 aromatic carbocycles. The fourth-order valence-electron chi connectivity index (χ4n) is 8.80. The molecule has 5 rings (SSSR count). The number of hydrogen-bond acceptors (Lipinski definition) is 20. The third-order valence-electron chi connectivity index (χ3n) is 13.5. The molecule has 5 aliphatic rings. The smallest absolute Gasteiger partial charge is 0.0717 e. The van der Waals surface area contributed by atoms with E-state index in [9.17, 15) is 0 Å².